The number of aryl methyl sites for hydroxylation is 2. The van der Waals surface area contributed by atoms with Crippen LogP contribution in [0, 0.1) is 0 Å². The third-order valence-corrected chi connectivity index (χ3v) is 16.5. The van der Waals surface area contributed by atoms with Crippen LogP contribution in [0.5, 0.6) is 0 Å². The van der Waals surface area contributed by atoms with Crippen molar-refractivity contribution in [3.05, 3.63) is 87.5 Å². The molecule has 0 fully saturated rings. The Labute approximate surface area is 450 Å². The number of benzene rings is 2. The molecule has 0 radical (unpaired) electrons. The predicted octanol–water partition coefficient (Wildman–Crippen LogP) is 24.4. The van der Waals surface area contributed by atoms with Crippen LogP contribution in [0.2, 0.25) is 10.8 Å². The van der Waals surface area contributed by atoms with E-state index in [0.29, 0.717) is 0 Å². The predicted molar refractivity (Wildman–Crippen MR) is 315 cm³/mol. The SMILES string of the molecule is CCCCCCCCCCCCCC[CH2][Ni][CH2]CCCCCCCCCCCCCC.CCCCCCCCc1cccc(C2=C(CCCC)C(CCCCC)=C(c3cccc(CCCCC)c3)[N+]2=[N-])c1. The summed E-state index contributed by atoms with van der Waals surface area (Å²) < 4.78 is 1.57. The number of rotatable bonds is 48. The van der Waals surface area contributed by atoms with Gasteiger partial charge in [0.2, 0.25) is 11.4 Å². The maximum atomic E-state index is 12.0. The van der Waals surface area contributed by atoms with Gasteiger partial charge in [-0.05, 0) is 86.8 Å². The first-order valence-corrected chi connectivity index (χ1v) is 33.0. The Hall–Kier alpha value is -1.99. The molecule has 410 valence electrons. The quantitative estimate of drug-likeness (QED) is 0.0359. The van der Waals surface area contributed by atoms with Crippen LogP contribution in [0.25, 0.3) is 16.9 Å². The first-order chi connectivity index (χ1) is 35.1. The van der Waals surface area contributed by atoms with Crippen molar-refractivity contribution in [2.75, 3.05) is 0 Å². The van der Waals surface area contributed by atoms with E-state index in [4.69, 9.17) is 0 Å². The van der Waals surface area contributed by atoms with Crippen molar-refractivity contribution >= 4 is 11.4 Å². The Morgan fingerprint density at radius 3 is 0.930 bits per heavy atom. The number of nitrogens with zero attached hydrogens (tertiary/aromatic N) is 2. The fourth-order valence-corrected chi connectivity index (χ4v) is 11.8. The summed E-state index contributed by atoms with van der Waals surface area (Å²) in [5.74, 6) is 0. The first kappa shape index (κ1) is 65.1. The van der Waals surface area contributed by atoms with Gasteiger partial charge in [0.25, 0.3) is 0 Å². The summed E-state index contributed by atoms with van der Waals surface area (Å²) in [6, 6.07) is 18.0. The third kappa shape index (κ3) is 32.2. The van der Waals surface area contributed by atoms with E-state index in [-0.39, 0.29) is 0 Å². The molecule has 3 heteroatoms. The topological polar surface area (TPSA) is 25.3 Å². The van der Waals surface area contributed by atoms with Crippen molar-refractivity contribution in [1.82, 2.24) is 0 Å². The van der Waals surface area contributed by atoms with Crippen LogP contribution in [0.1, 0.15) is 333 Å². The summed E-state index contributed by atoms with van der Waals surface area (Å²) >= 11 is 2.04. The fraction of sp³-hybridized carbons (Fsp3) is 0.765. The Kier molecular flexibility index (Phi) is 43.8. The van der Waals surface area contributed by atoms with E-state index in [2.05, 4.69) is 90.1 Å². The minimum absolute atomic E-state index is 1.02. The van der Waals surface area contributed by atoms with Crippen LogP contribution in [0.3, 0.4) is 0 Å². The number of allylic oxidation sites excluding steroid dienone is 2. The summed E-state index contributed by atoms with van der Waals surface area (Å²) in [6.45, 7) is 13.7. The Morgan fingerprint density at radius 1 is 0.310 bits per heavy atom. The van der Waals surface area contributed by atoms with Crippen molar-refractivity contribution in [2.45, 2.75) is 335 Å². The van der Waals surface area contributed by atoms with Crippen molar-refractivity contribution in [2.24, 2.45) is 0 Å². The summed E-state index contributed by atoms with van der Waals surface area (Å²) in [7, 11) is 0. The second-order valence-corrected chi connectivity index (χ2v) is 23.3. The van der Waals surface area contributed by atoms with Crippen molar-refractivity contribution in [1.29, 1.82) is 0 Å². The monoisotopic (exact) mass is 1020 g/mol. The van der Waals surface area contributed by atoms with E-state index in [0.717, 1.165) is 55.5 Å². The molecule has 71 heavy (non-hydrogen) atoms. The molecule has 2 aromatic rings. The van der Waals surface area contributed by atoms with Gasteiger partial charge in [-0.1, -0.05) is 156 Å². The van der Waals surface area contributed by atoms with Crippen molar-refractivity contribution in [3.63, 3.8) is 0 Å². The van der Waals surface area contributed by atoms with Gasteiger partial charge in [-0.2, -0.15) is 0 Å². The van der Waals surface area contributed by atoms with Crippen LogP contribution in [-0.2, 0) is 27.3 Å². The van der Waals surface area contributed by atoms with Gasteiger partial charge >= 0.3 is 166 Å². The summed E-state index contributed by atoms with van der Waals surface area (Å²) in [5, 5.41) is 2.87. The van der Waals surface area contributed by atoms with Gasteiger partial charge in [0.1, 0.15) is 0 Å². The minimum atomic E-state index is 1.02. The van der Waals surface area contributed by atoms with Gasteiger partial charge in [-0.15, -0.1) is 0 Å². The zero-order valence-electron chi connectivity index (χ0n) is 48.4. The molecule has 1 heterocycles. The Bertz CT molecular complexity index is 1570. The van der Waals surface area contributed by atoms with E-state index >= 15 is 0 Å². The molecule has 0 bridgehead atoms. The second-order valence-electron chi connectivity index (χ2n) is 21.9. The number of hydrogen-bond donors (Lipinski definition) is 0. The van der Waals surface area contributed by atoms with Crippen LogP contribution < -0.4 is 0 Å². The van der Waals surface area contributed by atoms with E-state index in [9.17, 15) is 5.53 Å². The molecule has 0 atom stereocenters. The van der Waals surface area contributed by atoms with Crippen molar-refractivity contribution in [3.8, 4) is 0 Å². The molecule has 3 rings (SSSR count). The van der Waals surface area contributed by atoms with Gasteiger partial charge in [0, 0.05) is 22.3 Å². The molecule has 0 spiro atoms. The summed E-state index contributed by atoms with van der Waals surface area (Å²) in [5.41, 5.74) is 21.8. The van der Waals surface area contributed by atoms with Gasteiger partial charge in [0.15, 0.2) is 0 Å². The number of hydrogen-bond acceptors (Lipinski definition) is 0. The van der Waals surface area contributed by atoms with E-state index < -0.39 is 0 Å². The molecule has 0 aromatic heterocycles. The molecule has 0 N–H and O–H groups in total. The molecule has 0 aliphatic carbocycles. The molecule has 1 aliphatic rings. The zero-order valence-corrected chi connectivity index (χ0v) is 49.3. The van der Waals surface area contributed by atoms with Crippen LogP contribution in [-0.4, -0.2) is 4.70 Å². The zero-order chi connectivity index (χ0) is 51.1. The summed E-state index contributed by atoms with van der Waals surface area (Å²) in [6.07, 6.45) is 60.1. The maximum absolute atomic E-state index is 12.0. The Balaban J connectivity index is 0.000000505. The van der Waals surface area contributed by atoms with Gasteiger partial charge in [-0.3, -0.25) is 0 Å². The molecule has 1 aliphatic heterocycles. The van der Waals surface area contributed by atoms with E-state index in [1.54, 1.807) is 4.70 Å². The fourth-order valence-electron chi connectivity index (χ4n) is 10.6. The smallest absolute Gasteiger partial charge is 0.493 e. The third-order valence-electron chi connectivity index (χ3n) is 15.1. The van der Waals surface area contributed by atoms with Gasteiger partial charge in [-0.25, -0.2) is 4.70 Å². The second kappa shape index (κ2) is 47.7. The molecule has 0 saturated carbocycles. The van der Waals surface area contributed by atoms with Crippen LogP contribution in [0.15, 0.2) is 59.7 Å². The van der Waals surface area contributed by atoms with Crippen LogP contribution >= 0.6 is 0 Å². The Morgan fingerprint density at radius 2 is 0.577 bits per heavy atom. The number of unbranched alkanes of at least 4 members (excludes halogenated alkanes) is 34. The van der Waals surface area contributed by atoms with Gasteiger partial charge < -0.3 is 5.53 Å². The average Bonchev–Trinajstić information content (AvgIpc) is 3.66. The average molecular weight is 1020 g/mol. The first-order valence-electron chi connectivity index (χ1n) is 31.6. The molecule has 0 amide bonds. The molecule has 0 saturated heterocycles. The standard InChI is InChI=1S/C38H56N2.2C15H31.Ni/c1-5-9-13-14-15-18-22-32-24-20-25-33(30-32)37-35(27-12-8-4)36(28-17-11-7-3)38(40(37)39)34-26-19-23-31(29-34)21-16-10-6-2;2*1-3-5-7-9-11-13-15-14-12-10-8-6-4-2;/h19-20,23-26,29-30H,5-18,21-22,27-28H2,1-4H3;2*1,3-15H2,2H3;. The molecular formula is C68H118N2Ni. The van der Waals surface area contributed by atoms with E-state index in [1.807, 2.05) is 14.4 Å². The van der Waals surface area contributed by atoms with Gasteiger partial charge in [0.05, 0.1) is 0 Å². The van der Waals surface area contributed by atoms with E-state index in [1.165, 1.54) is 283 Å². The minimum Gasteiger partial charge on any atom is -0.493 e. The van der Waals surface area contributed by atoms with Crippen LogP contribution in [0.4, 0.5) is 0 Å². The normalized spacial score (nSPS) is 12.7. The molecule has 0 unspecified atom stereocenters. The van der Waals surface area contributed by atoms with Crippen molar-refractivity contribution < 1.29 is 19.1 Å². The molecular weight excluding hydrogens is 903 g/mol. The summed E-state index contributed by atoms with van der Waals surface area (Å²) in [4.78, 5) is 0. The molecule has 2 aromatic carbocycles. The molecule has 2 nitrogen and oxygen atoms in total.